The molecule has 166 valence electrons. The zero-order valence-corrected chi connectivity index (χ0v) is 18.1. The van der Waals surface area contributed by atoms with Crippen LogP contribution in [0.25, 0.3) is 0 Å². The van der Waals surface area contributed by atoms with Crippen LogP contribution in [0.15, 0.2) is 91.4 Å². The molecule has 0 aliphatic carbocycles. The smallest absolute Gasteiger partial charge is 0.303 e. The van der Waals surface area contributed by atoms with Gasteiger partial charge in [-0.15, -0.1) is 0 Å². The van der Waals surface area contributed by atoms with E-state index in [-0.39, 0.29) is 12.3 Å². The zero-order valence-electron chi connectivity index (χ0n) is 18.1. The number of carbonyl (C=O) groups is 1. The number of nitrogens with zero attached hydrogens (tertiary/aromatic N) is 3. The summed E-state index contributed by atoms with van der Waals surface area (Å²) in [6, 6.07) is 23.5. The molecule has 33 heavy (non-hydrogen) atoms. The monoisotopic (exact) mass is 439 g/mol. The molecule has 7 nitrogen and oxygen atoms in total. The molecule has 7 heteroatoms. The Labute approximate surface area is 192 Å². The lowest BCUT2D eigenvalue weighted by Gasteiger charge is -2.21. The quantitative estimate of drug-likeness (QED) is 0.289. The number of benzene rings is 2. The van der Waals surface area contributed by atoms with Crippen LogP contribution in [0.2, 0.25) is 0 Å². The molecule has 1 unspecified atom stereocenters. The molecule has 4 rings (SSSR count). The highest BCUT2D eigenvalue weighted by Crippen LogP contribution is 2.35. The van der Waals surface area contributed by atoms with Gasteiger partial charge in [-0.1, -0.05) is 36.4 Å². The summed E-state index contributed by atoms with van der Waals surface area (Å²) in [4.78, 5) is 24.6. The summed E-state index contributed by atoms with van der Waals surface area (Å²) in [7, 11) is 0. The van der Waals surface area contributed by atoms with Crippen LogP contribution in [-0.4, -0.2) is 26.0 Å². The summed E-state index contributed by atoms with van der Waals surface area (Å²) in [5.74, 6) is 0.267. The molecule has 0 spiro atoms. The lowest BCUT2D eigenvalue weighted by atomic mass is 9.88. The molecule has 0 fully saturated rings. The first kappa shape index (κ1) is 22.0. The van der Waals surface area contributed by atoms with Crippen LogP contribution in [0.1, 0.15) is 36.3 Å². The number of aromatic nitrogens is 3. The van der Waals surface area contributed by atoms with Gasteiger partial charge in [0, 0.05) is 47.9 Å². The van der Waals surface area contributed by atoms with Crippen LogP contribution in [0.5, 0.6) is 0 Å². The fourth-order valence-electron chi connectivity index (χ4n) is 3.67. The maximum atomic E-state index is 11.1. The van der Waals surface area contributed by atoms with E-state index in [1.165, 1.54) is 0 Å². The Morgan fingerprint density at radius 3 is 2.15 bits per heavy atom. The molecule has 0 radical (unpaired) electrons. The van der Waals surface area contributed by atoms with E-state index in [0.717, 1.165) is 22.5 Å². The van der Waals surface area contributed by atoms with Gasteiger partial charge in [-0.05, 0) is 54.8 Å². The topological polar surface area (TPSA) is 100 Å². The SMILES string of the molecule is O=C(O)CCCC(c1ccncc1)c1cnc(Nc2ccccc2)nc1Nc1ccccc1. The van der Waals surface area contributed by atoms with Crippen molar-refractivity contribution in [2.75, 3.05) is 10.6 Å². The first-order chi connectivity index (χ1) is 16.2. The van der Waals surface area contributed by atoms with Gasteiger partial charge < -0.3 is 15.7 Å². The first-order valence-corrected chi connectivity index (χ1v) is 10.8. The van der Waals surface area contributed by atoms with Crippen LogP contribution in [0, 0.1) is 0 Å². The number of anilines is 4. The van der Waals surface area contributed by atoms with E-state index in [1.54, 1.807) is 12.4 Å². The molecular weight excluding hydrogens is 414 g/mol. The molecule has 0 amide bonds. The van der Waals surface area contributed by atoms with Gasteiger partial charge in [0.05, 0.1) is 0 Å². The Morgan fingerprint density at radius 2 is 1.52 bits per heavy atom. The van der Waals surface area contributed by atoms with E-state index < -0.39 is 5.97 Å². The van der Waals surface area contributed by atoms with Gasteiger partial charge in [-0.3, -0.25) is 9.78 Å². The minimum absolute atomic E-state index is 0.0793. The largest absolute Gasteiger partial charge is 0.481 e. The van der Waals surface area contributed by atoms with Gasteiger partial charge in [-0.25, -0.2) is 4.98 Å². The number of nitrogens with one attached hydrogen (secondary N) is 2. The van der Waals surface area contributed by atoms with Gasteiger partial charge in [0.1, 0.15) is 5.82 Å². The van der Waals surface area contributed by atoms with Crippen molar-refractivity contribution in [3.63, 3.8) is 0 Å². The van der Waals surface area contributed by atoms with Gasteiger partial charge in [0.2, 0.25) is 5.95 Å². The number of carboxylic acids is 1. The Bertz CT molecular complexity index is 1170. The average Bonchev–Trinajstić information content (AvgIpc) is 2.84. The highest BCUT2D eigenvalue weighted by atomic mass is 16.4. The van der Waals surface area contributed by atoms with E-state index >= 15 is 0 Å². The van der Waals surface area contributed by atoms with E-state index in [9.17, 15) is 4.79 Å². The Balaban J connectivity index is 1.71. The van der Waals surface area contributed by atoms with Crippen molar-refractivity contribution in [1.82, 2.24) is 15.0 Å². The predicted molar refractivity (Wildman–Crippen MR) is 129 cm³/mol. The molecule has 2 heterocycles. The summed E-state index contributed by atoms with van der Waals surface area (Å²) in [5, 5.41) is 15.8. The number of pyridine rings is 1. The fourth-order valence-corrected chi connectivity index (χ4v) is 3.67. The molecule has 3 N–H and O–H groups in total. The van der Waals surface area contributed by atoms with Crippen molar-refractivity contribution in [3.05, 3.63) is 103 Å². The summed E-state index contributed by atoms with van der Waals surface area (Å²) in [5.41, 5.74) is 3.73. The second-order valence-corrected chi connectivity index (χ2v) is 7.60. The molecule has 0 saturated heterocycles. The van der Waals surface area contributed by atoms with E-state index in [1.807, 2.05) is 79.0 Å². The van der Waals surface area contributed by atoms with Crippen LogP contribution in [-0.2, 0) is 4.79 Å². The third-order valence-electron chi connectivity index (χ3n) is 5.25. The van der Waals surface area contributed by atoms with E-state index in [4.69, 9.17) is 10.1 Å². The molecule has 0 aliphatic rings. The molecule has 1 atom stereocenters. The van der Waals surface area contributed by atoms with Gasteiger partial charge in [-0.2, -0.15) is 4.98 Å². The minimum Gasteiger partial charge on any atom is -0.481 e. The molecular formula is C26H25N5O2. The summed E-state index contributed by atoms with van der Waals surface area (Å²) >= 11 is 0. The van der Waals surface area contributed by atoms with Crippen LogP contribution < -0.4 is 10.6 Å². The molecule has 2 aromatic heterocycles. The van der Waals surface area contributed by atoms with Gasteiger partial charge in [0.25, 0.3) is 0 Å². The number of rotatable bonds is 10. The lowest BCUT2D eigenvalue weighted by molar-refractivity contribution is -0.137. The molecule has 0 bridgehead atoms. The third-order valence-corrected chi connectivity index (χ3v) is 5.25. The van der Waals surface area contributed by atoms with Crippen LogP contribution >= 0.6 is 0 Å². The van der Waals surface area contributed by atoms with Gasteiger partial charge in [0.15, 0.2) is 0 Å². The van der Waals surface area contributed by atoms with Crippen molar-refractivity contribution in [2.45, 2.75) is 25.2 Å². The normalized spacial score (nSPS) is 11.5. The Hall–Kier alpha value is -4.26. The summed E-state index contributed by atoms with van der Waals surface area (Å²) in [6.45, 7) is 0. The van der Waals surface area contributed by atoms with Gasteiger partial charge >= 0.3 is 5.97 Å². The molecule has 0 saturated carbocycles. The van der Waals surface area contributed by atoms with Crippen molar-refractivity contribution in [1.29, 1.82) is 0 Å². The lowest BCUT2D eigenvalue weighted by Crippen LogP contribution is -2.10. The number of hydrogen-bond donors (Lipinski definition) is 3. The number of hydrogen-bond acceptors (Lipinski definition) is 6. The van der Waals surface area contributed by atoms with E-state index in [0.29, 0.717) is 24.6 Å². The maximum Gasteiger partial charge on any atom is 0.303 e. The number of aliphatic carboxylic acids is 1. The number of para-hydroxylation sites is 2. The third kappa shape index (κ3) is 6.13. The van der Waals surface area contributed by atoms with Crippen molar-refractivity contribution >= 4 is 29.1 Å². The Morgan fingerprint density at radius 1 is 0.879 bits per heavy atom. The van der Waals surface area contributed by atoms with Crippen molar-refractivity contribution < 1.29 is 9.90 Å². The van der Waals surface area contributed by atoms with E-state index in [2.05, 4.69) is 20.6 Å². The predicted octanol–water partition coefficient (Wildman–Crippen LogP) is 5.75. The summed E-state index contributed by atoms with van der Waals surface area (Å²) < 4.78 is 0. The van der Waals surface area contributed by atoms with Crippen molar-refractivity contribution in [2.24, 2.45) is 0 Å². The van der Waals surface area contributed by atoms with Crippen LogP contribution in [0.3, 0.4) is 0 Å². The highest BCUT2D eigenvalue weighted by molar-refractivity contribution is 5.67. The Kier molecular flexibility index (Phi) is 7.22. The zero-order chi connectivity index (χ0) is 22.9. The maximum absolute atomic E-state index is 11.1. The molecule has 2 aromatic carbocycles. The average molecular weight is 440 g/mol. The number of carboxylic acid groups (broad SMARTS) is 1. The minimum atomic E-state index is -0.801. The second kappa shape index (κ2) is 10.9. The van der Waals surface area contributed by atoms with Crippen molar-refractivity contribution in [3.8, 4) is 0 Å². The standard InChI is InChI=1S/C26H25N5O2/c32-24(33)13-7-12-22(19-14-16-27-17-15-19)23-18-28-26(30-21-10-5-2-6-11-21)31-25(23)29-20-8-3-1-4-9-20/h1-6,8-11,14-18,22H,7,12-13H2,(H,32,33)(H2,28,29,30,31). The first-order valence-electron chi connectivity index (χ1n) is 10.8. The van der Waals surface area contributed by atoms with Crippen LogP contribution in [0.4, 0.5) is 23.1 Å². The highest BCUT2D eigenvalue weighted by Gasteiger charge is 2.21. The summed E-state index contributed by atoms with van der Waals surface area (Å²) in [6.07, 6.45) is 6.60. The molecule has 0 aliphatic heterocycles. The fraction of sp³-hybridized carbons (Fsp3) is 0.154. The molecule has 4 aromatic rings. The second-order valence-electron chi connectivity index (χ2n) is 7.60.